The summed E-state index contributed by atoms with van der Waals surface area (Å²) in [4.78, 5) is 2.29. The lowest BCUT2D eigenvalue weighted by Gasteiger charge is -2.35. The van der Waals surface area contributed by atoms with Crippen LogP contribution in [0.3, 0.4) is 0 Å². The van der Waals surface area contributed by atoms with Crippen molar-refractivity contribution in [1.82, 2.24) is 10.2 Å². The minimum atomic E-state index is 0.131. The van der Waals surface area contributed by atoms with E-state index in [-0.39, 0.29) is 12.1 Å². The second-order valence-electron chi connectivity index (χ2n) is 5.95. The van der Waals surface area contributed by atoms with E-state index in [1.54, 1.807) is 0 Å². The minimum absolute atomic E-state index is 0.131. The van der Waals surface area contributed by atoms with Crippen LogP contribution < -0.4 is 5.32 Å². The van der Waals surface area contributed by atoms with Crippen LogP contribution in [-0.4, -0.2) is 47.8 Å². The fourth-order valence-electron chi connectivity index (χ4n) is 1.88. The van der Waals surface area contributed by atoms with Gasteiger partial charge in [-0.3, -0.25) is 4.90 Å². The van der Waals surface area contributed by atoms with Crippen molar-refractivity contribution in [3.63, 3.8) is 0 Å². The van der Waals surface area contributed by atoms with Crippen molar-refractivity contribution < 1.29 is 5.11 Å². The second-order valence-corrected chi connectivity index (χ2v) is 5.95. The van der Waals surface area contributed by atoms with Gasteiger partial charge >= 0.3 is 0 Å². The van der Waals surface area contributed by atoms with E-state index in [1.807, 2.05) is 6.08 Å². The summed E-state index contributed by atoms with van der Waals surface area (Å²) in [5.41, 5.74) is 0.131. The van der Waals surface area contributed by atoms with Gasteiger partial charge < -0.3 is 10.4 Å². The number of rotatable bonds is 8. The summed E-state index contributed by atoms with van der Waals surface area (Å²) in [5.74, 6) is 0.552. The Kier molecular flexibility index (Phi) is 7.68. The van der Waals surface area contributed by atoms with Gasteiger partial charge in [0.05, 0.1) is 6.61 Å². The van der Waals surface area contributed by atoms with Gasteiger partial charge in [-0.15, -0.1) is 6.58 Å². The topological polar surface area (TPSA) is 35.5 Å². The van der Waals surface area contributed by atoms with Crippen molar-refractivity contribution in [2.75, 3.05) is 26.2 Å². The Morgan fingerprint density at radius 2 is 1.94 bits per heavy atom. The SMILES string of the molecule is C=CCN(CCO)C(CNC(C)(C)C)C(C)C. The van der Waals surface area contributed by atoms with Gasteiger partial charge in [0.25, 0.3) is 0 Å². The summed E-state index contributed by atoms with van der Waals surface area (Å²) in [6.45, 7) is 17.4. The molecule has 0 fully saturated rings. The summed E-state index contributed by atoms with van der Waals surface area (Å²) < 4.78 is 0. The Balaban J connectivity index is 4.50. The first-order valence-electron chi connectivity index (χ1n) is 6.52. The van der Waals surface area contributed by atoms with Gasteiger partial charge in [0.15, 0.2) is 0 Å². The summed E-state index contributed by atoms with van der Waals surface area (Å²) >= 11 is 0. The Hall–Kier alpha value is -0.380. The van der Waals surface area contributed by atoms with E-state index in [1.165, 1.54) is 0 Å². The van der Waals surface area contributed by atoms with Crippen LogP contribution in [0.1, 0.15) is 34.6 Å². The van der Waals surface area contributed by atoms with Crippen molar-refractivity contribution in [1.29, 1.82) is 0 Å². The summed E-state index contributed by atoms with van der Waals surface area (Å²) in [6, 6.07) is 0.430. The van der Waals surface area contributed by atoms with E-state index in [9.17, 15) is 0 Å². The van der Waals surface area contributed by atoms with Crippen molar-refractivity contribution in [2.24, 2.45) is 5.92 Å². The first-order valence-corrected chi connectivity index (χ1v) is 6.52. The Morgan fingerprint density at radius 1 is 1.35 bits per heavy atom. The number of aliphatic hydroxyl groups is 1. The molecule has 0 aliphatic heterocycles. The third-order valence-electron chi connectivity index (χ3n) is 2.83. The molecule has 2 N–H and O–H groups in total. The fraction of sp³-hybridized carbons (Fsp3) is 0.857. The Bertz CT molecular complexity index is 209. The van der Waals surface area contributed by atoms with Gasteiger partial charge in [-0.2, -0.15) is 0 Å². The maximum atomic E-state index is 9.13. The molecule has 0 aliphatic carbocycles. The zero-order valence-electron chi connectivity index (χ0n) is 12.2. The van der Waals surface area contributed by atoms with E-state index >= 15 is 0 Å². The lowest BCUT2D eigenvalue weighted by atomic mass is 10.00. The minimum Gasteiger partial charge on any atom is -0.395 e. The molecule has 0 spiro atoms. The van der Waals surface area contributed by atoms with Crippen molar-refractivity contribution in [3.05, 3.63) is 12.7 Å². The molecule has 0 amide bonds. The van der Waals surface area contributed by atoms with Crippen LogP contribution in [0.15, 0.2) is 12.7 Å². The number of hydrogen-bond donors (Lipinski definition) is 2. The molecule has 0 radical (unpaired) electrons. The van der Waals surface area contributed by atoms with Gasteiger partial charge in [0, 0.05) is 31.2 Å². The van der Waals surface area contributed by atoms with Crippen LogP contribution in [0.25, 0.3) is 0 Å². The molecule has 0 aromatic carbocycles. The Labute approximate surface area is 107 Å². The lowest BCUT2D eigenvalue weighted by molar-refractivity contribution is 0.127. The molecule has 1 atom stereocenters. The average Bonchev–Trinajstić information content (AvgIpc) is 2.16. The first-order chi connectivity index (χ1) is 7.81. The van der Waals surface area contributed by atoms with Crippen molar-refractivity contribution in [3.8, 4) is 0 Å². The third kappa shape index (κ3) is 7.53. The van der Waals surface area contributed by atoms with Crippen LogP contribution in [0.5, 0.6) is 0 Å². The van der Waals surface area contributed by atoms with E-state index in [0.29, 0.717) is 18.5 Å². The van der Waals surface area contributed by atoms with Crippen LogP contribution in [-0.2, 0) is 0 Å². The van der Waals surface area contributed by atoms with Gasteiger partial charge in [-0.05, 0) is 26.7 Å². The molecule has 0 bridgehead atoms. The molecule has 102 valence electrons. The second kappa shape index (κ2) is 7.85. The molecule has 0 rings (SSSR count). The third-order valence-corrected chi connectivity index (χ3v) is 2.83. The standard InChI is InChI=1S/C14H30N2O/c1-7-8-16(9-10-17)13(12(2)3)11-15-14(4,5)6/h7,12-13,15,17H,1,8-11H2,2-6H3. The normalized spacial score (nSPS) is 14.4. The van der Waals surface area contributed by atoms with E-state index in [0.717, 1.165) is 13.1 Å². The smallest absolute Gasteiger partial charge is 0.0558 e. The zero-order chi connectivity index (χ0) is 13.5. The summed E-state index contributed by atoms with van der Waals surface area (Å²) in [5, 5.41) is 12.7. The molecule has 3 nitrogen and oxygen atoms in total. The zero-order valence-corrected chi connectivity index (χ0v) is 12.2. The average molecular weight is 242 g/mol. The Morgan fingerprint density at radius 3 is 2.29 bits per heavy atom. The fourth-order valence-corrected chi connectivity index (χ4v) is 1.88. The van der Waals surface area contributed by atoms with Crippen LogP contribution in [0.4, 0.5) is 0 Å². The van der Waals surface area contributed by atoms with Crippen molar-refractivity contribution >= 4 is 0 Å². The lowest BCUT2D eigenvalue weighted by Crippen LogP contribution is -2.50. The monoisotopic (exact) mass is 242 g/mol. The number of nitrogens with one attached hydrogen (secondary N) is 1. The molecule has 0 aromatic rings. The predicted octanol–water partition coefficient (Wildman–Crippen LogP) is 1.88. The highest BCUT2D eigenvalue weighted by Crippen LogP contribution is 2.11. The number of hydrogen-bond acceptors (Lipinski definition) is 3. The van der Waals surface area contributed by atoms with Crippen LogP contribution in [0.2, 0.25) is 0 Å². The maximum absolute atomic E-state index is 9.13. The van der Waals surface area contributed by atoms with E-state index in [2.05, 4.69) is 51.4 Å². The first kappa shape index (κ1) is 16.6. The summed E-state index contributed by atoms with van der Waals surface area (Å²) in [6.07, 6.45) is 1.90. The van der Waals surface area contributed by atoms with E-state index in [4.69, 9.17) is 5.11 Å². The highest BCUT2D eigenvalue weighted by molar-refractivity contribution is 4.84. The van der Waals surface area contributed by atoms with Gasteiger partial charge in [-0.1, -0.05) is 19.9 Å². The van der Waals surface area contributed by atoms with Gasteiger partial charge in [0.1, 0.15) is 0 Å². The predicted molar refractivity (Wildman–Crippen MR) is 75.2 cm³/mol. The van der Waals surface area contributed by atoms with Gasteiger partial charge in [-0.25, -0.2) is 0 Å². The number of nitrogens with zero attached hydrogens (tertiary/aromatic N) is 1. The molecule has 0 heterocycles. The maximum Gasteiger partial charge on any atom is 0.0558 e. The van der Waals surface area contributed by atoms with Crippen LogP contribution in [0, 0.1) is 5.92 Å². The molecule has 0 saturated heterocycles. The number of aliphatic hydroxyl groups excluding tert-OH is 1. The molecule has 1 unspecified atom stereocenters. The molecule has 0 saturated carbocycles. The van der Waals surface area contributed by atoms with Crippen LogP contribution >= 0.6 is 0 Å². The molecule has 3 heteroatoms. The largest absolute Gasteiger partial charge is 0.395 e. The van der Waals surface area contributed by atoms with Crippen molar-refractivity contribution in [2.45, 2.75) is 46.2 Å². The highest BCUT2D eigenvalue weighted by Gasteiger charge is 2.22. The highest BCUT2D eigenvalue weighted by atomic mass is 16.3. The van der Waals surface area contributed by atoms with Gasteiger partial charge in [0.2, 0.25) is 0 Å². The van der Waals surface area contributed by atoms with E-state index < -0.39 is 0 Å². The molecule has 17 heavy (non-hydrogen) atoms. The molecular weight excluding hydrogens is 212 g/mol. The molecular formula is C14H30N2O. The molecule has 0 aromatic heterocycles. The molecule has 0 aliphatic rings. The summed E-state index contributed by atoms with van der Waals surface area (Å²) in [7, 11) is 0. The quantitative estimate of drug-likeness (QED) is 0.638.